The topological polar surface area (TPSA) is 170 Å². The van der Waals surface area contributed by atoms with Gasteiger partial charge in [0.15, 0.2) is 34.7 Å². The van der Waals surface area contributed by atoms with E-state index in [0.29, 0.717) is 11.3 Å². The number of phenols is 1. The third kappa shape index (κ3) is 4.74. The predicted molar refractivity (Wildman–Crippen MR) is 160 cm³/mol. The molecule has 2 saturated carbocycles. The minimum absolute atomic E-state index is 0.00288. The van der Waals surface area contributed by atoms with Gasteiger partial charge in [0.05, 0.1) is 23.2 Å². The highest BCUT2D eigenvalue weighted by Crippen LogP contribution is 2.51. The van der Waals surface area contributed by atoms with Gasteiger partial charge in [-0.25, -0.2) is 0 Å². The molecule has 1 amide bonds. The molecule has 3 aliphatic carbocycles. The molecule has 1 saturated heterocycles. The summed E-state index contributed by atoms with van der Waals surface area (Å²) >= 11 is 0. The monoisotopic (exact) mass is 602 g/mol. The summed E-state index contributed by atoms with van der Waals surface area (Å²) in [6.45, 7) is 2.60. The van der Waals surface area contributed by atoms with Gasteiger partial charge in [-0.3, -0.25) is 33.8 Å². The van der Waals surface area contributed by atoms with Crippen molar-refractivity contribution in [1.29, 1.82) is 0 Å². The molecule has 0 bridgehead atoms. The lowest BCUT2D eigenvalue weighted by atomic mass is 9.52. The molecule has 2 aromatic rings. The van der Waals surface area contributed by atoms with Gasteiger partial charge < -0.3 is 21.3 Å². The van der Waals surface area contributed by atoms with Crippen LogP contribution in [0.15, 0.2) is 42.5 Å². The quantitative estimate of drug-likeness (QED) is 0.276. The fraction of sp³-hybridized carbons (Fsp3) is 0.485. The van der Waals surface area contributed by atoms with Crippen molar-refractivity contribution in [3.05, 3.63) is 59.2 Å². The number of aliphatic hydroxyl groups is 1. The molecule has 232 valence electrons. The SMILES string of the molecule is CN(C)[C@@H]1C(=O)C(C(N)=O)C(=O)[C@@]2(O)C(=O)C3C(=O)c4c(ccc(NC5CCN(Cc6ccccc6)CC5)c4O)C[C@H]3C[C@@H]12. The number of ketones is 4. The summed E-state index contributed by atoms with van der Waals surface area (Å²) < 4.78 is 0. The molecule has 2 aromatic carbocycles. The van der Waals surface area contributed by atoms with Crippen molar-refractivity contribution in [1.82, 2.24) is 9.80 Å². The van der Waals surface area contributed by atoms with Crippen LogP contribution < -0.4 is 11.1 Å². The second-order valence-electron chi connectivity index (χ2n) is 13.0. The Balaban J connectivity index is 1.24. The molecule has 0 spiro atoms. The van der Waals surface area contributed by atoms with E-state index in [9.17, 15) is 34.2 Å². The van der Waals surface area contributed by atoms with E-state index in [1.165, 1.54) is 10.5 Å². The number of benzene rings is 2. The number of nitrogens with two attached hydrogens (primary N) is 1. The highest BCUT2D eigenvalue weighted by Gasteiger charge is 2.69. The van der Waals surface area contributed by atoms with Crippen molar-refractivity contribution in [2.24, 2.45) is 29.4 Å². The Morgan fingerprint density at radius 2 is 1.73 bits per heavy atom. The summed E-state index contributed by atoms with van der Waals surface area (Å²) in [7, 11) is 3.13. The number of likely N-dealkylation sites (N-methyl/N-ethyl adjacent to an activating group) is 1. The third-order valence-corrected chi connectivity index (χ3v) is 10.1. The van der Waals surface area contributed by atoms with Gasteiger partial charge in [0.25, 0.3) is 0 Å². The Kier molecular flexibility index (Phi) is 7.67. The van der Waals surface area contributed by atoms with Gasteiger partial charge in [0.1, 0.15) is 5.75 Å². The highest BCUT2D eigenvalue weighted by atomic mass is 16.3. The van der Waals surface area contributed by atoms with Crippen LogP contribution in [-0.4, -0.2) is 93.9 Å². The summed E-state index contributed by atoms with van der Waals surface area (Å²) in [5, 5.41) is 26.4. The standard InChI is InChI=1S/C33H38N4O7/c1-36(2)26-21-15-19-14-18-8-9-22(35-20-10-12-37(13-11-20)16-17-6-4-3-5-7-17)27(38)23(18)28(39)24(19)30(41)33(21,44)31(42)25(29(26)40)32(34)43/h3-9,19-21,24-26,35,38,44H,10-16H2,1-2H3,(H2,34,43)/t19-,21-,24?,25?,26-,33-/m0/s1. The molecule has 0 aromatic heterocycles. The molecular weight excluding hydrogens is 564 g/mol. The van der Waals surface area contributed by atoms with Crippen LogP contribution in [0.2, 0.25) is 0 Å². The summed E-state index contributed by atoms with van der Waals surface area (Å²) in [4.78, 5) is 70.6. The van der Waals surface area contributed by atoms with Crippen LogP contribution in [0.4, 0.5) is 5.69 Å². The number of anilines is 1. The molecule has 4 aliphatic rings. The number of primary amides is 1. The second-order valence-corrected chi connectivity index (χ2v) is 13.0. The van der Waals surface area contributed by atoms with Crippen LogP contribution >= 0.6 is 0 Å². The van der Waals surface area contributed by atoms with Crippen LogP contribution in [0, 0.1) is 23.7 Å². The molecule has 1 aliphatic heterocycles. The zero-order valence-electron chi connectivity index (χ0n) is 24.9. The Hall–Kier alpha value is -3.93. The number of nitrogens with zero attached hydrogens (tertiary/aromatic N) is 2. The Bertz CT molecular complexity index is 1530. The zero-order valence-corrected chi connectivity index (χ0v) is 24.9. The molecule has 11 heteroatoms. The summed E-state index contributed by atoms with van der Waals surface area (Å²) in [6, 6.07) is 12.7. The first-order chi connectivity index (χ1) is 20.9. The van der Waals surface area contributed by atoms with E-state index in [4.69, 9.17) is 5.73 Å². The zero-order chi connectivity index (χ0) is 31.5. The number of hydrogen-bond donors (Lipinski definition) is 4. The molecular formula is C33H38N4O7. The number of phenolic OH excluding ortho intramolecular Hbond substituents is 1. The lowest BCUT2D eigenvalue weighted by Crippen LogP contribution is -2.74. The number of nitrogens with one attached hydrogen (secondary N) is 1. The molecule has 5 N–H and O–H groups in total. The fourth-order valence-electron chi connectivity index (χ4n) is 7.99. The van der Waals surface area contributed by atoms with Crippen molar-refractivity contribution >= 4 is 34.7 Å². The molecule has 44 heavy (non-hydrogen) atoms. The maximum atomic E-state index is 14.0. The van der Waals surface area contributed by atoms with E-state index in [2.05, 4.69) is 22.3 Å². The van der Waals surface area contributed by atoms with Gasteiger partial charge in [-0.15, -0.1) is 0 Å². The van der Waals surface area contributed by atoms with Gasteiger partial charge in [-0.05, 0) is 62.9 Å². The molecule has 3 fully saturated rings. The van der Waals surface area contributed by atoms with Crippen LogP contribution in [-0.2, 0) is 32.1 Å². The van der Waals surface area contributed by atoms with E-state index < -0.39 is 64.4 Å². The number of piperidine rings is 1. The largest absolute Gasteiger partial charge is 0.505 e. The molecule has 2 unspecified atom stereocenters. The maximum Gasteiger partial charge on any atom is 0.235 e. The normalized spacial score (nSPS) is 31.0. The third-order valence-electron chi connectivity index (χ3n) is 10.1. The maximum absolute atomic E-state index is 14.0. The number of carbonyl (C=O) groups is 5. The minimum Gasteiger partial charge on any atom is -0.505 e. The Labute approximate surface area is 255 Å². The van der Waals surface area contributed by atoms with Crippen molar-refractivity contribution < 1.29 is 34.2 Å². The average Bonchev–Trinajstić information content (AvgIpc) is 2.97. The summed E-state index contributed by atoms with van der Waals surface area (Å²) in [5.74, 6) is -10.3. The number of Topliss-reactive ketones (excluding diaryl/α,β-unsaturated/α-hetero) is 4. The molecule has 0 radical (unpaired) electrons. The van der Waals surface area contributed by atoms with Crippen molar-refractivity contribution in [2.75, 3.05) is 32.5 Å². The first kappa shape index (κ1) is 30.1. The van der Waals surface area contributed by atoms with Crippen molar-refractivity contribution in [3.8, 4) is 5.75 Å². The van der Waals surface area contributed by atoms with Gasteiger partial charge in [-0.1, -0.05) is 36.4 Å². The second kappa shape index (κ2) is 11.2. The number of carbonyl (C=O) groups excluding carboxylic acids is 5. The van der Waals surface area contributed by atoms with E-state index >= 15 is 0 Å². The first-order valence-corrected chi connectivity index (χ1v) is 15.2. The van der Waals surface area contributed by atoms with Gasteiger partial charge in [-0.2, -0.15) is 0 Å². The van der Waals surface area contributed by atoms with E-state index in [0.717, 1.165) is 32.5 Å². The summed E-state index contributed by atoms with van der Waals surface area (Å²) in [6.07, 6.45) is 1.96. The van der Waals surface area contributed by atoms with Crippen LogP contribution in [0.3, 0.4) is 0 Å². The van der Waals surface area contributed by atoms with E-state index in [1.807, 2.05) is 18.2 Å². The van der Waals surface area contributed by atoms with Gasteiger partial charge in [0, 0.05) is 31.6 Å². The number of likely N-dealkylation sites (tertiary alicyclic amines) is 1. The molecule has 1 heterocycles. The molecule has 6 rings (SSSR count). The number of hydrogen-bond acceptors (Lipinski definition) is 10. The number of fused-ring (bicyclic) bond motifs is 3. The first-order valence-electron chi connectivity index (χ1n) is 15.2. The smallest absolute Gasteiger partial charge is 0.235 e. The average molecular weight is 603 g/mol. The number of aromatic hydroxyl groups is 1. The lowest BCUT2D eigenvalue weighted by Gasteiger charge is -2.52. The van der Waals surface area contributed by atoms with Crippen molar-refractivity contribution in [2.45, 2.75) is 49.9 Å². The fourth-order valence-corrected chi connectivity index (χ4v) is 7.99. The summed E-state index contributed by atoms with van der Waals surface area (Å²) in [5.41, 5.74) is 4.87. The van der Waals surface area contributed by atoms with Crippen LogP contribution in [0.1, 0.15) is 40.7 Å². The number of rotatable bonds is 6. The predicted octanol–water partition coefficient (Wildman–Crippen LogP) is 0.944. The number of amides is 1. The lowest BCUT2D eigenvalue weighted by molar-refractivity contribution is -0.181. The Morgan fingerprint density at radius 3 is 2.36 bits per heavy atom. The highest BCUT2D eigenvalue weighted by molar-refractivity contribution is 6.32. The van der Waals surface area contributed by atoms with E-state index in [1.54, 1.807) is 26.2 Å². The van der Waals surface area contributed by atoms with Crippen molar-refractivity contribution in [3.63, 3.8) is 0 Å². The van der Waals surface area contributed by atoms with Gasteiger partial charge in [0.2, 0.25) is 5.91 Å². The molecule has 6 atom stereocenters. The van der Waals surface area contributed by atoms with Crippen LogP contribution in [0.5, 0.6) is 5.75 Å². The Morgan fingerprint density at radius 1 is 1.05 bits per heavy atom. The van der Waals surface area contributed by atoms with Gasteiger partial charge >= 0.3 is 0 Å². The van der Waals surface area contributed by atoms with E-state index in [-0.39, 0.29) is 30.2 Å². The molecule has 11 nitrogen and oxygen atoms in total. The minimum atomic E-state index is -2.73. The van der Waals surface area contributed by atoms with Crippen LogP contribution in [0.25, 0.3) is 0 Å².